The first kappa shape index (κ1) is 25.5. The summed E-state index contributed by atoms with van der Waals surface area (Å²) in [6.45, 7) is 0.550. The number of carbonyl (C=O) groups excluding carboxylic acids is 1. The molecule has 0 unspecified atom stereocenters. The fourth-order valence-corrected chi connectivity index (χ4v) is 8.15. The molecule has 0 radical (unpaired) electrons. The minimum absolute atomic E-state index is 0.0194. The van der Waals surface area contributed by atoms with E-state index in [0.717, 1.165) is 62.6 Å². The Hall–Kier alpha value is -3.24. The number of rotatable bonds is 9. The Morgan fingerprint density at radius 3 is 2.34 bits per heavy atom. The summed E-state index contributed by atoms with van der Waals surface area (Å²) in [5.41, 5.74) is -0.181. The molecule has 7 saturated carbocycles. The predicted octanol–water partition coefficient (Wildman–Crippen LogP) is 6.84. The summed E-state index contributed by atoms with van der Waals surface area (Å²) in [5, 5.41) is 7.69. The summed E-state index contributed by atoms with van der Waals surface area (Å²) in [4.78, 5) is 24.5. The summed E-state index contributed by atoms with van der Waals surface area (Å²) < 4.78 is 51.3. The first-order chi connectivity index (χ1) is 19.7. The quantitative estimate of drug-likeness (QED) is 0.279. The van der Waals surface area contributed by atoms with E-state index in [1.807, 2.05) is 29.2 Å². The highest BCUT2D eigenvalue weighted by atomic mass is 19.3. The molecule has 0 atom stereocenters. The molecule has 0 spiro atoms. The zero-order chi connectivity index (χ0) is 28.0. The zero-order valence-corrected chi connectivity index (χ0v) is 22.8. The van der Waals surface area contributed by atoms with E-state index in [1.54, 1.807) is 0 Å². The number of fused-ring (bicyclic) bond motifs is 3. The molecule has 7 aliphatic carbocycles. The molecule has 2 heterocycles. The second-order valence-corrected chi connectivity index (χ2v) is 13.7. The highest BCUT2D eigenvalue weighted by molar-refractivity contribution is 5.94. The molecule has 0 saturated heterocycles. The minimum Gasteiger partial charge on any atom is -0.339 e. The van der Waals surface area contributed by atoms with Crippen molar-refractivity contribution in [1.29, 1.82) is 0 Å². The SMILES string of the molecule is O=C(CC12CC(F)(C1)C2)N(CC12CCC(c3nc(C(F)F)no3)(CC1)CC2)c1cccc(-c2noc(C3CC3)n2)c1. The van der Waals surface area contributed by atoms with Crippen LogP contribution in [0.3, 0.4) is 0 Å². The molecule has 10 rings (SSSR count). The molecular weight excluding hydrogens is 535 g/mol. The van der Waals surface area contributed by atoms with E-state index < -0.39 is 17.9 Å². The van der Waals surface area contributed by atoms with Crippen molar-refractivity contribution >= 4 is 11.6 Å². The molecule has 0 N–H and O–H groups in total. The van der Waals surface area contributed by atoms with Crippen LogP contribution in [0, 0.1) is 10.8 Å². The molecule has 41 heavy (non-hydrogen) atoms. The van der Waals surface area contributed by atoms with Crippen LogP contribution < -0.4 is 4.90 Å². The number of anilines is 1. The van der Waals surface area contributed by atoms with Crippen molar-refractivity contribution in [2.75, 3.05) is 11.4 Å². The van der Waals surface area contributed by atoms with Crippen LogP contribution in [0.2, 0.25) is 0 Å². The maximum Gasteiger partial charge on any atom is 0.300 e. The van der Waals surface area contributed by atoms with E-state index in [9.17, 15) is 18.0 Å². The Bertz CT molecular complexity index is 1470. The predicted molar refractivity (Wildman–Crippen MR) is 140 cm³/mol. The fraction of sp³-hybridized carbons (Fsp3) is 0.633. The van der Waals surface area contributed by atoms with Gasteiger partial charge in [-0.2, -0.15) is 9.97 Å². The van der Waals surface area contributed by atoms with Crippen LogP contribution >= 0.6 is 0 Å². The molecule has 1 amide bonds. The average molecular weight is 568 g/mol. The Balaban J connectivity index is 1.05. The van der Waals surface area contributed by atoms with Crippen molar-refractivity contribution in [2.24, 2.45) is 10.8 Å². The van der Waals surface area contributed by atoms with Gasteiger partial charge in [-0.3, -0.25) is 4.79 Å². The number of nitrogens with zero attached hydrogens (tertiary/aromatic N) is 5. The van der Waals surface area contributed by atoms with Crippen LogP contribution in [0.25, 0.3) is 11.4 Å². The highest BCUT2D eigenvalue weighted by Crippen LogP contribution is 2.71. The topological polar surface area (TPSA) is 98.2 Å². The van der Waals surface area contributed by atoms with Gasteiger partial charge in [-0.05, 0) is 93.6 Å². The zero-order valence-electron chi connectivity index (χ0n) is 22.8. The van der Waals surface area contributed by atoms with Gasteiger partial charge in [0.05, 0.1) is 0 Å². The number of carbonyl (C=O) groups is 1. The summed E-state index contributed by atoms with van der Waals surface area (Å²) in [7, 11) is 0. The monoisotopic (exact) mass is 567 g/mol. The maximum atomic E-state index is 14.3. The lowest BCUT2D eigenvalue weighted by Crippen LogP contribution is -2.65. The molecular formula is C30H32F3N5O3. The maximum absolute atomic E-state index is 14.3. The van der Waals surface area contributed by atoms with Gasteiger partial charge in [0.15, 0.2) is 0 Å². The van der Waals surface area contributed by atoms with Crippen LogP contribution in [0.15, 0.2) is 33.3 Å². The number of aromatic nitrogens is 4. The molecule has 7 fully saturated rings. The van der Waals surface area contributed by atoms with Crippen molar-refractivity contribution in [3.63, 3.8) is 0 Å². The first-order valence-electron chi connectivity index (χ1n) is 14.7. The normalized spacial score (nSPS) is 33.5. The number of alkyl halides is 3. The van der Waals surface area contributed by atoms with Crippen molar-refractivity contribution in [3.05, 3.63) is 41.9 Å². The van der Waals surface area contributed by atoms with Crippen molar-refractivity contribution in [2.45, 2.75) is 100 Å². The standard InChI is InChI=1S/C30H32F3N5O3/c31-22(32)24-35-26(41-37-24)29-9-6-27(7-10-29,8-11-29)17-38(21(39)13-28-14-30(33,15-28)16-28)20-3-1-2-19(12-20)23-34-25(40-36-23)18-4-5-18/h1-3,12,18,22H,4-11,13-17H2. The summed E-state index contributed by atoms with van der Waals surface area (Å²) in [6.07, 6.45) is 5.89. The molecule has 7 aliphatic rings. The van der Waals surface area contributed by atoms with Gasteiger partial charge in [-0.1, -0.05) is 22.4 Å². The van der Waals surface area contributed by atoms with Crippen LogP contribution in [0.4, 0.5) is 18.9 Å². The third-order valence-corrected chi connectivity index (χ3v) is 10.7. The number of hydrogen-bond acceptors (Lipinski definition) is 7. The van der Waals surface area contributed by atoms with Gasteiger partial charge in [-0.15, -0.1) is 0 Å². The van der Waals surface area contributed by atoms with Crippen LogP contribution in [-0.2, 0) is 10.2 Å². The Labute approximate surface area is 235 Å². The van der Waals surface area contributed by atoms with Crippen molar-refractivity contribution in [3.8, 4) is 11.4 Å². The van der Waals surface area contributed by atoms with E-state index >= 15 is 0 Å². The molecule has 2 aromatic heterocycles. The molecule has 1 aromatic carbocycles. The lowest BCUT2D eigenvalue weighted by Gasteiger charge is -2.66. The second-order valence-electron chi connectivity index (χ2n) is 13.7. The van der Waals surface area contributed by atoms with Gasteiger partial charge in [0, 0.05) is 35.5 Å². The fourth-order valence-electron chi connectivity index (χ4n) is 8.15. The Kier molecular flexibility index (Phi) is 5.37. The van der Waals surface area contributed by atoms with E-state index in [-0.39, 0.29) is 22.2 Å². The highest BCUT2D eigenvalue weighted by Gasteiger charge is 2.69. The summed E-state index contributed by atoms with van der Waals surface area (Å²) in [6, 6.07) is 7.73. The largest absolute Gasteiger partial charge is 0.339 e. The Morgan fingerprint density at radius 1 is 0.976 bits per heavy atom. The third-order valence-electron chi connectivity index (χ3n) is 10.7. The van der Waals surface area contributed by atoms with Gasteiger partial charge >= 0.3 is 6.43 Å². The molecule has 8 nitrogen and oxygen atoms in total. The minimum atomic E-state index is -2.76. The molecule has 4 bridgehead atoms. The van der Waals surface area contributed by atoms with Gasteiger partial charge in [0.25, 0.3) is 0 Å². The molecule has 216 valence electrons. The lowest BCUT2D eigenvalue weighted by atomic mass is 9.41. The second kappa shape index (κ2) is 8.64. The number of benzene rings is 1. The molecule has 11 heteroatoms. The number of amides is 1. The van der Waals surface area contributed by atoms with Gasteiger partial charge < -0.3 is 13.9 Å². The van der Waals surface area contributed by atoms with E-state index in [0.29, 0.717) is 55.8 Å². The van der Waals surface area contributed by atoms with Gasteiger partial charge in [0.1, 0.15) is 5.67 Å². The van der Waals surface area contributed by atoms with Crippen LogP contribution in [-0.4, -0.2) is 38.4 Å². The summed E-state index contributed by atoms with van der Waals surface area (Å²) >= 11 is 0. The Morgan fingerprint density at radius 2 is 1.71 bits per heavy atom. The average Bonchev–Trinajstić information content (AvgIpc) is 3.44. The van der Waals surface area contributed by atoms with E-state index in [4.69, 9.17) is 9.05 Å². The number of halogens is 3. The van der Waals surface area contributed by atoms with E-state index in [2.05, 4.69) is 20.3 Å². The van der Waals surface area contributed by atoms with Crippen molar-refractivity contribution < 1.29 is 27.0 Å². The summed E-state index contributed by atoms with van der Waals surface area (Å²) in [5.74, 6) is 1.31. The lowest BCUT2D eigenvalue weighted by molar-refractivity contribution is -0.215. The van der Waals surface area contributed by atoms with Crippen LogP contribution in [0.1, 0.15) is 107 Å². The van der Waals surface area contributed by atoms with Gasteiger partial charge in [-0.25, -0.2) is 13.2 Å². The molecule has 3 aromatic rings. The van der Waals surface area contributed by atoms with Crippen LogP contribution in [0.5, 0.6) is 0 Å². The first-order valence-corrected chi connectivity index (χ1v) is 14.7. The van der Waals surface area contributed by atoms with E-state index in [1.165, 1.54) is 0 Å². The number of hydrogen-bond donors (Lipinski definition) is 0. The molecule has 0 aliphatic heterocycles. The smallest absolute Gasteiger partial charge is 0.300 e. The third kappa shape index (κ3) is 4.21. The van der Waals surface area contributed by atoms with Gasteiger partial charge in [0.2, 0.25) is 29.3 Å². The van der Waals surface area contributed by atoms with Crippen molar-refractivity contribution in [1.82, 2.24) is 20.3 Å².